The third-order valence-corrected chi connectivity index (χ3v) is 5.37. The van der Waals surface area contributed by atoms with Crippen LogP contribution >= 0.6 is 0 Å². The summed E-state index contributed by atoms with van der Waals surface area (Å²) in [5.74, 6) is 0.824. The quantitative estimate of drug-likeness (QED) is 0.691. The lowest BCUT2D eigenvalue weighted by molar-refractivity contribution is 0.102. The van der Waals surface area contributed by atoms with E-state index in [2.05, 4.69) is 17.1 Å². The van der Waals surface area contributed by atoms with Gasteiger partial charge in [-0.2, -0.15) is 0 Å². The molecule has 0 aliphatic carbocycles. The number of hydrogen-bond donors (Lipinski definition) is 1. The van der Waals surface area contributed by atoms with Crippen molar-refractivity contribution >= 4 is 28.3 Å². The topological polar surface area (TPSA) is 45.2 Å². The average Bonchev–Trinajstić information content (AvgIpc) is 2.73. The predicted molar refractivity (Wildman–Crippen MR) is 111 cm³/mol. The Labute approximate surface area is 160 Å². The molecule has 0 spiro atoms. The second-order valence-corrected chi connectivity index (χ2v) is 7.12. The first-order valence-corrected chi connectivity index (χ1v) is 9.79. The van der Waals surface area contributed by atoms with Crippen LogP contribution in [0.1, 0.15) is 43.0 Å². The Balaban J connectivity index is 1.75. The van der Waals surface area contributed by atoms with Gasteiger partial charge < -0.3 is 10.2 Å². The molecule has 0 bridgehead atoms. The number of rotatable bonds is 4. The highest BCUT2D eigenvalue weighted by atomic mass is 16.1. The molecular weight excluding hydrogens is 334 g/mol. The molecule has 27 heavy (non-hydrogen) atoms. The monoisotopic (exact) mass is 359 g/mol. The van der Waals surface area contributed by atoms with E-state index in [1.54, 1.807) is 0 Å². The van der Waals surface area contributed by atoms with Gasteiger partial charge in [0.05, 0.1) is 11.1 Å². The molecule has 1 amide bonds. The minimum Gasteiger partial charge on any atom is -0.354 e. The first-order valence-electron chi connectivity index (χ1n) is 9.79. The lowest BCUT2D eigenvalue weighted by Gasteiger charge is -2.36. The number of nitrogens with one attached hydrogen (secondary N) is 1. The van der Waals surface area contributed by atoms with Gasteiger partial charge in [0.25, 0.3) is 5.91 Å². The Bertz CT molecular complexity index is 939. The number of hydrogen-bond acceptors (Lipinski definition) is 3. The van der Waals surface area contributed by atoms with E-state index in [4.69, 9.17) is 4.98 Å². The van der Waals surface area contributed by atoms with Crippen molar-refractivity contribution in [1.82, 2.24) is 4.98 Å². The summed E-state index contributed by atoms with van der Waals surface area (Å²) in [6.45, 7) is 3.23. The standard InChI is InChI=1S/C23H25N3O/c1-2-18-12-8-9-15-26(18)22-16-20(19-13-6-7-14-21(19)25-22)23(27)24-17-10-4-3-5-11-17/h3-7,10-11,13-14,16,18H,2,8-9,12,15H2,1H3,(H,24,27). The first kappa shape index (κ1) is 17.5. The van der Waals surface area contributed by atoms with E-state index in [1.807, 2.05) is 60.7 Å². The van der Waals surface area contributed by atoms with Crippen molar-refractivity contribution in [1.29, 1.82) is 0 Å². The Morgan fingerprint density at radius 2 is 1.89 bits per heavy atom. The number of benzene rings is 2. The molecule has 0 radical (unpaired) electrons. The molecule has 1 aromatic heterocycles. The highest BCUT2D eigenvalue weighted by Gasteiger charge is 2.24. The van der Waals surface area contributed by atoms with E-state index in [-0.39, 0.29) is 5.91 Å². The summed E-state index contributed by atoms with van der Waals surface area (Å²) in [6.07, 6.45) is 4.73. The molecular formula is C23H25N3O. The zero-order chi connectivity index (χ0) is 18.6. The van der Waals surface area contributed by atoms with Crippen LogP contribution in [0.3, 0.4) is 0 Å². The molecule has 1 aliphatic rings. The molecule has 2 heterocycles. The van der Waals surface area contributed by atoms with Gasteiger partial charge in [0, 0.05) is 23.7 Å². The molecule has 3 aromatic rings. The van der Waals surface area contributed by atoms with Crippen molar-refractivity contribution < 1.29 is 4.79 Å². The van der Waals surface area contributed by atoms with Crippen molar-refractivity contribution in [3.63, 3.8) is 0 Å². The molecule has 1 N–H and O–H groups in total. The summed E-state index contributed by atoms with van der Waals surface area (Å²) in [5, 5.41) is 3.91. The Morgan fingerprint density at radius 1 is 1.11 bits per heavy atom. The second kappa shape index (κ2) is 7.78. The fourth-order valence-corrected chi connectivity index (χ4v) is 3.94. The number of aromatic nitrogens is 1. The molecule has 1 unspecified atom stereocenters. The lowest BCUT2D eigenvalue weighted by atomic mass is 9.99. The summed E-state index contributed by atoms with van der Waals surface area (Å²) in [4.78, 5) is 20.3. The van der Waals surface area contributed by atoms with Crippen molar-refractivity contribution in [2.75, 3.05) is 16.8 Å². The van der Waals surface area contributed by atoms with Gasteiger partial charge in [0.15, 0.2) is 0 Å². The molecule has 1 fully saturated rings. The van der Waals surface area contributed by atoms with Crippen LogP contribution in [0.25, 0.3) is 10.9 Å². The predicted octanol–water partition coefficient (Wildman–Crippen LogP) is 5.26. The van der Waals surface area contributed by atoms with Gasteiger partial charge >= 0.3 is 0 Å². The summed E-state index contributed by atoms with van der Waals surface area (Å²) in [5.41, 5.74) is 2.35. The maximum atomic E-state index is 13.1. The van der Waals surface area contributed by atoms with Gasteiger partial charge in [-0.05, 0) is 49.9 Å². The molecule has 4 nitrogen and oxygen atoms in total. The highest BCUT2D eigenvalue weighted by Crippen LogP contribution is 2.29. The Kier molecular flexibility index (Phi) is 5.05. The normalized spacial score (nSPS) is 17.1. The largest absolute Gasteiger partial charge is 0.354 e. The van der Waals surface area contributed by atoms with Gasteiger partial charge in [0.2, 0.25) is 0 Å². The fourth-order valence-electron chi connectivity index (χ4n) is 3.94. The second-order valence-electron chi connectivity index (χ2n) is 7.12. The smallest absolute Gasteiger partial charge is 0.256 e. The van der Waals surface area contributed by atoms with Gasteiger partial charge in [-0.25, -0.2) is 4.98 Å². The number of nitrogens with zero attached hydrogens (tertiary/aromatic N) is 2. The number of carbonyl (C=O) groups is 1. The Morgan fingerprint density at radius 3 is 2.70 bits per heavy atom. The van der Waals surface area contributed by atoms with Crippen LogP contribution in [0.5, 0.6) is 0 Å². The van der Waals surface area contributed by atoms with Crippen LogP contribution in [-0.4, -0.2) is 23.5 Å². The molecule has 138 valence electrons. The SMILES string of the molecule is CCC1CCCCN1c1cc(C(=O)Nc2ccccc2)c2ccccc2n1. The third kappa shape index (κ3) is 3.65. The molecule has 1 aliphatic heterocycles. The van der Waals surface area contributed by atoms with Crippen LogP contribution in [0.4, 0.5) is 11.5 Å². The van der Waals surface area contributed by atoms with Crippen LogP contribution in [-0.2, 0) is 0 Å². The molecule has 2 aromatic carbocycles. The molecule has 1 saturated heterocycles. The Hall–Kier alpha value is -2.88. The van der Waals surface area contributed by atoms with Crippen LogP contribution in [0.15, 0.2) is 60.7 Å². The van der Waals surface area contributed by atoms with Gasteiger partial charge in [-0.15, -0.1) is 0 Å². The zero-order valence-electron chi connectivity index (χ0n) is 15.7. The number of para-hydroxylation sites is 2. The summed E-state index contributed by atoms with van der Waals surface area (Å²) < 4.78 is 0. The van der Waals surface area contributed by atoms with E-state index >= 15 is 0 Å². The van der Waals surface area contributed by atoms with Gasteiger partial charge in [-0.1, -0.05) is 43.3 Å². The van der Waals surface area contributed by atoms with Crippen molar-refractivity contribution in [2.24, 2.45) is 0 Å². The average molecular weight is 359 g/mol. The van der Waals surface area contributed by atoms with E-state index in [0.29, 0.717) is 11.6 Å². The van der Waals surface area contributed by atoms with E-state index in [0.717, 1.165) is 35.4 Å². The first-order chi connectivity index (χ1) is 13.3. The van der Waals surface area contributed by atoms with Gasteiger partial charge in [-0.3, -0.25) is 4.79 Å². The number of piperidine rings is 1. The lowest BCUT2D eigenvalue weighted by Crippen LogP contribution is -2.39. The van der Waals surface area contributed by atoms with Crippen molar-refractivity contribution in [2.45, 2.75) is 38.6 Å². The fraction of sp³-hybridized carbons (Fsp3) is 0.304. The molecule has 1 atom stereocenters. The summed E-state index contributed by atoms with van der Waals surface area (Å²) >= 11 is 0. The number of amides is 1. The molecule has 4 rings (SSSR count). The van der Waals surface area contributed by atoms with Crippen LogP contribution < -0.4 is 10.2 Å². The molecule has 0 saturated carbocycles. The van der Waals surface area contributed by atoms with Crippen LogP contribution in [0, 0.1) is 0 Å². The maximum absolute atomic E-state index is 13.1. The number of pyridine rings is 1. The number of anilines is 2. The van der Waals surface area contributed by atoms with E-state index in [1.165, 1.54) is 19.3 Å². The third-order valence-electron chi connectivity index (χ3n) is 5.37. The van der Waals surface area contributed by atoms with Crippen molar-refractivity contribution in [3.05, 3.63) is 66.2 Å². The number of carbonyl (C=O) groups excluding carboxylic acids is 1. The number of fused-ring (bicyclic) bond motifs is 1. The minimum absolute atomic E-state index is 0.0916. The minimum atomic E-state index is -0.0916. The molecule has 4 heteroatoms. The van der Waals surface area contributed by atoms with Crippen molar-refractivity contribution in [3.8, 4) is 0 Å². The zero-order valence-corrected chi connectivity index (χ0v) is 15.7. The van der Waals surface area contributed by atoms with E-state index in [9.17, 15) is 4.79 Å². The maximum Gasteiger partial charge on any atom is 0.256 e. The summed E-state index contributed by atoms with van der Waals surface area (Å²) in [6, 6.07) is 20.0. The van der Waals surface area contributed by atoms with Crippen LogP contribution in [0.2, 0.25) is 0 Å². The van der Waals surface area contributed by atoms with Gasteiger partial charge in [0.1, 0.15) is 5.82 Å². The highest BCUT2D eigenvalue weighted by molar-refractivity contribution is 6.13. The van der Waals surface area contributed by atoms with E-state index < -0.39 is 0 Å². The summed E-state index contributed by atoms with van der Waals surface area (Å²) in [7, 11) is 0.